The Morgan fingerprint density at radius 1 is 1.12 bits per heavy atom. The summed E-state index contributed by atoms with van der Waals surface area (Å²) in [5, 5.41) is 11.2. The van der Waals surface area contributed by atoms with Crippen LogP contribution in [-0.4, -0.2) is 54.7 Å². The predicted octanol–water partition coefficient (Wildman–Crippen LogP) is 3.94. The number of carbonyl (C=O) groups is 2. The van der Waals surface area contributed by atoms with Crippen molar-refractivity contribution in [3.63, 3.8) is 0 Å². The van der Waals surface area contributed by atoms with Crippen LogP contribution in [0.1, 0.15) is 37.9 Å². The molecule has 1 fully saturated rings. The number of aliphatic hydroxyl groups excluding tert-OH is 1. The Hall–Kier alpha value is -3.32. The van der Waals surface area contributed by atoms with Crippen molar-refractivity contribution in [1.29, 1.82) is 0 Å². The van der Waals surface area contributed by atoms with Crippen LogP contribution in [0.5, 0.6) is 11.5 Å². The average molecular weight is 440 g/mol. The van der Waals surface area contributed by atoms with E-state index in [1.165, 1.54) is 12.0 Å². The van der Waals surface area contributed by atoms with Gasteiger partial charge >= 0.3 is 0 Å². The molecule has 1 aliphatic rings. The van der Waals surface area contributed by atoms with E-state index in [-0.39, 0.29) is 30.6 Å². The number of aliphatic hydroxyl groups is 1. The number of Topliss-reactive ketones (excluding diaryl/α,β-unsaturated/α-hetero) is 1. The third-order valence-electron chi connectivity index (χ3n) is 5.18. The SMILES string of the molecule is CCOc1cccc(/C(O)=C2/C(=O)C(=O)N(CCOC(C)C)C2c2ccccc2OC)c1. The highest BCUT2D eigenvalue weighted by Crippen LogP contribution is 2.42. The number of nitrogens with zero attached hydrogens (tertiary/aromatic N) is 1. The van der Waals surface area contributed by atoms with Crippen LogP contribution < -0.4 is 9.47 Å². The van der Waals surface area contributed by atoms with Gasteiger partial charge in [-0.25, -0.2) is 0 Å². The lowest BCUT2D eigenvalue weighted by atomic mass is 9.94. The molecule has 1 unspecified atom stereocenters. The van der Waals surface area contributed by atoms with Gasteiger partial charge in [-0.05, 0) is 39.0 Å². The van der Waals surface area contributed by atoms with Gasteiger partial charge in [-0.2, -0.15) is 0 Å². The van der Waals surface area contributed by atoms with Crippen molar-refractivity contribution in [3.05, 3.63) is 65.2 Å². The Kier molecular flexibility index (Phi) is 7.53. The maximum Gasteiger partial charge on any atom is 0.295 e. The summed E-state index contributed by atoms with van der Waals surface area (Å²) in [7, 11) is 1.53. The molecule has 1 aliphatic heterocycles. The molecule has 0 saturated carbocycles. The molecule has 1 heterocycles. The second-order valence-electron chi connectivity index (χ2n) is 7.61. The van der Waals surface area contributed by atoms with Gasteiger partial charge in [-0.15, -0.1) is 0 Å². The number of methoxy groups -OCH3 is 1. The number of rotatable bonds is 9. The van der Waals surface area contributed by atoms with Crippen LogP contribution in [0.15, 0.2) is 54.1 Å². The molecule has 1 atom stereocenters. The monoisotopic (exact) mass is 439 g/mol. The van der Waals surface area contributed by atoms with E-state index in [0.717, 1.165) is 0 Å². The van der Waals surface area contributed by atoms with Crippen LogP contribution in [-0.2, 0) is 14.3 Å². The molecule has 0 spiro atoms. The van der Waals surface area contributed by atoms with Crippen LogP contribution >= 0.6 is 0 Å². The summed E-state index contributed by atoms with van der Waals surface area (Å²) in [5.41, 5.74) is 1.02. The number of ketones is 1. The highest BCUT2D eigenvalue weighted by atomic mass is 16.5. The fourth-order valence-corrected chi connectivity index (χ4v) is 3.77. The largest absolute Gasteiger partial charge is 0.507 e. The first-order valence-electron chi connectivity index (χ1n) is 10.6. The van der Waals surface area contributed by atoms with Gasteiger partial charge in [0, 0.05) is 17.7 Å². The van der Waals surface area contributed by atoms with Crippen LogP contribution in [0.2, 0.25) is 0 Å². The van der Waals surface area contributed by atoms with Crippen molar-refractivity contribution in [2.45, 2.75) is 32.9 Å². The zero-order chi connectivity index (χ0) is 23.3. The first kappa shape index (κ1) is 23.3. The molecule has 7 heteroatoms. The van der Waals surface area contributed by atoms with Gasteiger partial charge in [-0.1, -0.05) is 30.3 Å². The smallest absolute Gasteiger partial charge is 0.295 e. The van der Waals surface area contributed by atoms with Crippen molar-refractivity contribution in [1.82, 2.24) is 4.90 Å². The fraction of sp³-hybridized carbons (Fsp3) is 0.360. The number of hydrogen-bond donors (Lipinski definition) is 1. The Morgan fingerprint density at radius 3 is 2.56 bits per heavy atom. The van der Waals surface area contributed by atoms with Crippen molar-refractivity contribution in [2.75, 3.05) is 26.9 Å². The minimum Gasteiger partial charge on any atom is -0.507 e. The minimum atomic E-state index is -0.808. The van der Waals surface area contributed by atoms with E-state index in [1.807, 2.05) is 26.8 Å². The Bertz CT molecular complexity index is 1010. The Morgan fingerprint density at radius 2 is 1.88 bits per heavy atom. The van der Waals surface area contributed by atoms with E-state index < -0.39 is 17.7 Å². The summed E-state index contributed by atoms with van der Waals surface area (Å²) in [4.78, 5) is 27.5. The molecule has 0 bridgehead atoms. The van der Waals surface area contributed by atoms with Crippen LogP contribution in [0, 0.1) is 0 Å². The number of benzene rings is 2. The predicted molar refractivity (Wildman–Crippen MR) is 121 cm³/mol. The minimum absolute atomic E-state index is 0.0118. The molecule has 0 radical (unpaired) electrons. The van der Waals surface area contributed by atoms with E-state index >= 15 is 0 Å². The van der Waals surface area contributed by atoms with Gasteiger partial charge in [0.2, 0.25) is 0 Å². The number of carbonyl (C=O) groups excluding carboxylic acids is 2. The quantitative estimate of drug-likeness (QED) is 0.362. The molecule has 32 heavy (non-hydrogen) atoms. The molecule has 0 aromatic heterocycles. The standard InChI is InChI=1S/C25H29NO6/c1-5-31-18-10-8-9-17(15-18)23(27)21-22(19-11-6-7-12-20(19)30-4)26(25(29)24(21)28)13-14-32-16(2)3/h6-12,15-16,22,27H,5,13-14H2,1-4H3/b23-21-. The molecule has 0 aliphatic carbocycles. The van der Waals surface area contributed by atoms with E-state index in [4.69, 9.17) is 14.2 Å². The van der Waals surface area contributed by atoms with Crippen molar-refractivity contribution < 1.29 is 28.9 Å². The molecule has 2 aromatic carbocycles. The van der Waals surface area contributed by atoms with Gasteiger partial charge in [-0.3, -0.25) is 9.59 Å². The molecule has 1 N–H and O–H groups in total. The third kappa shape index (κ3) is 4.78. The van der Waals surface area contributed by atoms with Gasteiger partial charge < -0.3 is 24.2 Å². The molecule has 170 valence electrons. The lowest BCUT2D eigenvalue weighted by Gasteiger charge is -2.26. The summed E-state index contributed by atoms with van der Waals surface area (Å²) in [6, 6.07) is 13.2. The molecule has 1 amide bonds. The van der Waals surface area contributed by atoms with E-state index in [1.54, 1.807) is 42.5 Å². The summed E-state index contributed by atoms with van der Waals surface area (Å²) in [6.07, 6.45) is -0.0159. The van der Waals surface area contributed by atoms with E-state index in [0.29, 0.717) is 29.2 Å². The maximum atomic E-state index is 13.1. The van der Waals surface area contributed by atoms with Crippen LogP contribution in [0.3, 0.4) is 0 Å². The van der Waals surface area contributed by atoms with Gasteiger partial charge in [0.25, 0.3) is 11.7 Å². The molecular formula is C25H29NO6. The Labute approximate surface area is 188 Å². The van der Waals surface area contributed by atoms with Crippen molar-refractivity contribution >= 4 is 17.4 Å². The van der Waals surface area contributed by atoms with E-state index in [2.05, 4.69) is 0 Å². The Balaban J connectivity index is 2.13. The lowest BCUT2D eigenvalue weighted by molar-refractivity contribution is -0.140. The van der Waals surface area contributed by atoms with Crippen molar-refractivity contribution in [2.24, 2.45) is 0 Å². The number of likely N-dealkylation sites (tertiary alicyclic amines) is 1. The lowest BCUT2D eigenvalue weighted by Crippen LogP contribution is -2.33. The molecule has 2 aromatic rings. The third-order valence-corrected chi connectivity index (χ3v) is 5.18. The second-order valence-corrected chi connectivity index (χ2v) is 7.61. The normalized spacial score (nSPS) is 17.8. The van der Waals surface area contributed by atoms with Crippen LogP contribution in [0.4, 0.5) is 0 Å². The highest BCUT2D eigenvalue weighted by Gasteiger charge is 2.46. The van der Waals surface area contributed by atoms with Crippen molar-refractivity contribution in [3.8, 4) is 11.5 Å². The topological polar surface area (TPSA) is 85.3 Å². The summed E-state index contributed by atoms with van der Waals surface area (Å²) < 4.78 is 16.6. The fourth-order valence-electron chi connectivity index (χ4n) is 3.77. The molecule has 7 nitrogen and oxygen atoms in total. The molecular weight excluding hydrogens is 410 g/mol. The van der Waals surface area contributed by atoms with Gasteiger partial charge in [0.05, 0.1) is 38.0 Å². The molecule has 3 rings (SSSR count). The van der Waals surface area contributed by atoms with Crippen LogP contribution in [0.25, 0.3) is 5.76 Å². The van der Waals surface area contributed by atoms with Gasteiger partial charge in [0.15, 0.2) is 0 Å². The first-order chi connectivity index (χ1) is 15.4. The first-order valence-corrected chi connectivity index (χ1v) is 10.6. The zero-order valence-corrected chi connectivity index (χ0v) is 18.8. The average Bonchev–Trinajstić information content (AvgIpc) is 3.03. The van der Waals surface area contributed by atoms with E-state index in [9.17, 15) is 14.7 Å². The molecule has 1 saturated heterocycles. The second kappa shape index (κ2) is 10.3. The van der Waals surface area contributed by atoms with Gasteiger partial charge in [0.1, 0.15) is 17.3 Å². The number of amides is 1. The number of para-hydroxylation sites is 1. The number of hydrogen-bond acceptors (Lipinski definition) is 6. The summed E-state index contributed by atoms with van der Waals surface area (Å²) >= 11 is 0. The maximum absolute atomic E-state index is 13.1. The number of ether oxygens (including phenoxy) is 3. The highest BCUT2D eigenvalue weighted by molar-refractivity contribution is 6.46. The zero-order valence-electron chi connectivity index (χ0n) is 18.8. The summed E-state index contributed by atoms with van der Waals surface area (Å²) in [6.45, 7) is 6.58. The summed E-state index contributed by atoms with van der Waals surface area (Å²) in [5.74, 6) is -0.610.